The molecular formula is C12H27NO3. The summed E-state index contributed by atoms with van der Waals surface area (Å²) >= 11 is 0. The van der Waals surface area contributed by atoms with Crippen molar-refractivity contribution in [1.29, 1.82) is 0 Å². The van der Waals surface area contributed by atoms with E-state index >= 15 is 0 Å². The van der Waals surface area contributed by atoms with Crippen molar-refractivity contribution in [3.8, 4) is 0 Å². The van der Waals surface area contributed by atoms with Crippen molar-refractivity contribution in [1.82, 2.24) is 5.32 Å². The second-order valence-corrected chi connectivity index (χ2v) is 4.21. The molecule has 0 heterocycles. The highest BCUT2D eigenvalue weighted by Gasteiger charge is 2.07. The second kappa shape index (κ2) is 11.3. The van der Waals surface area contributed by atoms with Gasteiger partial charge in [0.15, 0.2) is 0 Å². The highest BCUT2D eigenvalue weighted by molar-refractivity contribution is 4.67. The second-order valence-electron chi connectivity index (χ2n) is 4.21. The fourth-order valence-electron chi connectivity index (χ4n) is 1.39. The molecule has 0 saturated carbocycles. The minimum atomic E-state index is 0.136. The Kier molecular flexibility index (Phi) is 11.2. The lowest BCUT2D eigenvalue weighted by Gasteiger charge is -2.18. The molecule has 16 heavy (non-hydrogen) atoms. The highest BCUT2D eigenvalue weighted by Crippen LogP contribution is 1.94. The topological polar surface area (TPSA) is 50.7 Å². The van der Waals surface area contributed by atoms with Crippen LogP contribution in [0.3, 0.4) is 0 Å². The minimum Gasteiger partial charge on any atom is -0.395 e. The zero-order chi connectivity index (χ0) is 12.2. The molecule has 2 N–H and O–H groups in total. The number of aliphatic hydroxyl groups excluding tert-OH is 1. The van der Waals surface area contributed by atoms with E-state index < -0.39 is 0 Å². The molecule has 0 bridgehead atoms. The van der Waals surface area contributed by atoms with Crippen LogP contribution >= 0.6 is 0 Å². The molecule has 0 fully saturated rings. The average Bonchev–Trinajstić information content (AvgIpc) is 2.25. The van der Waals surface area contributed by atoms with Crippen LogP contribution in [0.5, 0.6) is 0 Å². The first kappa shape index (κ1) is 15.8. The van der Waals surface area contributed by atoms with Crippen LogP contribution in [0.4, 0.5) is 0 Å². The summed E-state index contributed by atoms with van der Waals surface area (Å²) < 4.78 is 10.7. The van der Waals surface area contributed by atoms with Crippen LogP contribution in [0.15, 0.2) is 0 Å². The molecule has 0 aliphatic heterocycles. The molecule has 0 amide bonds. The van der Waals surface area contributed by atoms with Gasteiger partial charge in [-0.1, -0.05) is 20.8 Å². The molecule has 0 aromatic heterocycles. The van der Waals surface area contributed by atoms with Crippen molar-refractivity contribution >= 4 is 0 Å². The summed E-state index contributed by atoms with van der Waals surface area (Å²) in [5.41, 5.74) is 0. The van der Waals surface area contributed by atoms with E-state index in [1.54, 1.807) is 0 Å². The summed E-state index contributed by atoms with van der Waals surface area (Å²) in [7, 11) is 0. The SMILES string of the molecule is CCCOCCOCCC(CO)NC(C)C. The number of hydrogen-bond donors (Lipinski definition) is 2. The van der Waals surface area contributed by atoms with Crippen LogP contribution in [0.25, 0.3) is 0 Å². The summed E-state index contributed by atoms with van der Waals surface area (Å²) in [4.78, 5) is 0. The Bertz CT molecular complexity index is 142. The molecular weight excluding hydrogens is 206 g/mol. The van der Waals surface area contributed by atoms with E-state index in [0.29, 0.717) is 25.9 Å². The molecule has 1 atom stereocenters. The summed E-state index contributed by atoms with van der Waals surface area (Å²) in [5, 5.41) is 12.4. The standard InChI is InChI=1S/C12H27NO3/c1-4-6-15-8-9-16-7-5-12(10-14)13-11(2)3/h11-14H,4-10H2,1-3H3. The largest absolute Gasteiger partial charge is 0.395 e. The monoisotopic (exact) mass is 233 g/mol. The Labute approximate surface area is 99.3 Å². The van der Waals surface area contributed by atoms with Crippen molar-refractivity contribution in [2.45, 2.75) is 45.7 Å². The van der Waals surface area contributed by atoms with Crippen molar-refractivity contribution in [2.24, 2.45) is 0 Å². The van der Waals surface area contributed by atoms with Gasteiger partial charge >= 0.3 is 0 Å². The van der Waals surface area contributed by atoms with Crippen LogP contribution in [0.2, 0.25) is 0 Å². The van der Waals surface area contributed by atoms with Crippen LogP contribution < -0.4 is 5.32 Å². The quantitative estimate of drug-likeness (QED) is 0.526. The van der Waals surface area contributed by atoms with Gasteiger partial charge in [-0.3, -0.25) is 0 Å². The summed E-state index contributed by atoms with van der Waals surface area (Å²) in [5.74, 6) is 0. The van der Waals surface area contributed by atoms with Gasteiger partial charge < -0.3 is 19.9 Å². The molecule has 1 unspecified atom stereocenters. The molecule has 0 aliphatic rings. The van der Waals surface area contributed by atoms with Crippen molar-refractivity contribution in [2.75, 3.05) is 33.0 Å². The molecule has 0 aromatic rings. The van der Waals surface area contributed by atoms with Gasteiger partial charge in [-0.05, 0) is 12.8 Å². The number of ether oxygens (including phenoxy) is 2. The Hall–Kier alpha value is -0.160. The maximum Gasteiger partial charge on any atom is 0.0700 e. The Morgan fingerprint density at radius 1 is 1.06 bits per heavy atom. The summed E-state index contributed by atoms with van der Waals surface area (Å²) in [6.45, 7) is 9.16. The first-order valence-electron chi connectivity index (χ1n) is 6.23. The van der Waals surface area contributed by atoms with E-state index in [1.807, 2.05) is 0 Å². The van der Waals surface area contributed by atoms with Crippen LogP contribution in [-0.4, -0.2) is 50.2 Å². The molecule has 0 radical (unpaired) electrons. The van der Waals surface area contributed by atoms with Gasteiger partial charge in [-0.25, -0.2) is 0 Å². The molecule has 0 spiro atoms. The lowest BCUT2D eigenvalue weighted by Crippen LogP contribution is -2.38. The van der Waals surface area contributed by atoms with Crippen LogP contribution in [0, 0.1) is 0 Å². The number of aliphatic hydroxyl groups is 1. The van der Waals surface area contributed by atoms with Gasteiger partial charge in [0.05, 0.1) is 19.8 Å². The van der Waals surface area contributed by atoms with E-state index in [4.69, 9.17) is 14.6 Å². The highest BCUT2D eigenvalue weighted by atomic mass is 16.5. The fraction of sp³-hybridized carbons (Fsp3) is 1.00. The molecule has 98 valence electrons. The lowest BCUT2D eigenvalue weighted by atomic mass is 10.2. The Balaban J connectivity index is 3.27. The molecule has 0 rings (SSSR count). The zero-order valence-electron chi connectivity index (χ0n) is 10.9. The predicted molar refractivity (Wildman–Crippen MR) is 65.7 cm³/mol. The van der Waals surface area contributed by atoms with Crippen LogP contribution in [-0.2, 0) is 9.47 Å². The first-order valence-corrected chi connectivity index (χ1v) is 6.23. The van der Waals surface area contributed by atoms with E-state index in [-0.39, 0.29) is 12.6 Å². The van der Waals surface area contributed by atoms with Crippen LogP contribution in [0.1, 0.15) is 33.6 Å². The zero-order valence-corrected chi connectivity index (χ0v) is 10.9. The van der Waals surface area contributed by atoms with Gasteiger partial charge in [0, 0.05) is 25.3 Å². The van der Waals surface area contributed by atoms with Crippen molar-refractivity contribution in [3.63, 3.8) is 0 Å². The maximum absolute atomic E-state index is 9.10. The molecule has 0 aliphatic carbocycles. The number of nitrogens with one attached hydrogen (secondary N) is 1. The van der Waals surface area contributed by atoms with Crippen molar-refractivity contribution < 1.29 is 14.6 Å². The lowest BCUT2D eigenvalue weighted by molar-refractivity contribution is 0.0421. The van der Waals surface area contributed by atoms with Gasteiger partial charge in [-0.15, -0.1) is 0 Å². The summed E-state index contributed by atoms with van der Waals surface area (Å²) in [6.07, 6.45) is 1.88. The number of hydrogen-bond acceptors (Lipinski definition) is 4. The third-order valence-corrected chi connectivity index (χ3v) is 2.12. The smallest absolute Gasteiger partial charge is 0.0700 e. The van der Waals surface area contributed by atoms with Gasteiger partial charge in [0.1, 0.15) is 0 Å². The van der Waals surface area contributed by atoms with Gasteiger partial charge in [0.25, 0.3) is 0 Å². The third kappa shape index (κ3) is 10.4. The molecule has 4 heteroatoms. The Morgan fingerprint density at radius 2 is 1.69 bits per heavy atom. The minimum absolute atomic E-state index is 0.136. The van der Waals surface area contributed by atoms with E-state index in [1.165, 1.54) is 0 Å². The molecule has 4 nitrogen and oxygen atoms in total. The first-order chi connectivity index (χ1) is 7.70. The van der Waals surface area contributed by atoms with E-state index in [9.17, 15) is 0 Å². The third-order valence-electron chi connectivity index (χ3n) is 2.12. The van der Waals surface area contributed by atoms with E-state index in [2.05, 4.69) is 26.1 Å². The molecule has 0 saturated heterocycles. The predicted octanol–water partition coefficient (Wildman–Crippen LogP) is 1.18. The normalized spacial score (nSPS) is 13.3. The fourth-order valence-corrected chi connectivity index (χ4v) is 1.39. The Morgan fingerprint density at radius 3 is 2.19 bits per heavy atom. The average molecular weight is 233 g/mol. The van der Waals surface area contributed by atoms with E-state index in [0.717, 1.165) is 19.4 Å². The van der Waals surface area contributed by atoms with Crippen molar-refractivity contribution in [3.05, 3.63) is 0 Å². The van der Waals surface area contributed by atoms with Gasteiger partial charge in [0.2, 0.25) is 0 Å². The summed E-state index contributed by atoms with van der Waals surface area (Å²) in [6, 6.07) is 0.529. The maximum atomic E-state index is 9.10. The van der Waals surface area contributed by atoms with Gasteiger partial charge in [-0.2, -0.15) is 0 Å². The molecule has 0 aromatic carbocycles. The number of rotatable bonds is 11.